The lowest BCUT2D eigenvalue weighted by molar-refractivity contribution is -0.310. The summed E-state index contributed by atoms with van der Waals surface area (Å²) in [6.45, 7) is 0. The monoisotopic (exact) mass is 446 g/mol. The van der Waals surface area contributed by atoms with Gasteiger partial charge in [-0.1, -0.05) is 82.4 Å². The molecule has 1 atom stereocenters. The molecule has 4 nitrogen and oxygen atoms in total. The largest absolute Gasteiger partial charge is 0.548 e. The van der Waals surface area contributed by atoms with Crippen molar-refractivity contribution in [2.24, 2.45) is 0 Å². The van der Waals surface area contributed by atoms with E-state index >= 15 is 0 Å². The Kier molecular flexibility index (Phi) is 5.90. The average Bonchev–Trinajstić information content (AvgIpc) is 2.87. The molecular weight excluding hydrogens is 434 g/mol. The summed E-state index contributed by atoms with van der Waals surface area (Å²) >= 11 is 9.76. The normalized spacial score (nSPS) is 17.0. The van der Waals surface area contributed by atoms with Gasteiger partial charge in [-0.15, -0.1) is 0 Å². The summed E-state index contributed by atoms with van der Waals surface area (Å²) in [5.41, 5.74) is 1.62. The molecule has 132 valence electrons. The third kappa shape index (κ3) is 4.23. The van der Waals surface area contributed by atoms with E-state index in [1.807, 2.05) is 54.6 Å². The summed E-state index contributed by atoms with van der Waals surface area (Å²) in [5.74, 6) is -1.74. The van der Waals surface area contributed by atoms with Gasteiger partial charge in [0.25, 0.3) is 5.91 Å². The third-order valence-electron chi connectivity index (χ3n) is 3.83. The molecule has 2 aromatic carbocycles. The molecule has 1 amide bonds. The molecule has 1 heterocycles. The SMILES string of the molecule is O=C([O-])[C@@H](Cc1ccccc1)N1C(=O)/C(=C/c2cccc(Br)c2)SC1=S. The van der Waals surface area contributed by atoms with Crippen LogP contribution in [0.5, 0.6) is 0 Å². The molecule has 0 saturated carbocycles. The number of aliphatic carboxylic acids is 1. The number of halogens is 1. The molecule has 1 saturated heterocycles. The fraction of sp³-hybridized carbons (Fsp3) is 0.105. The molecule has 3 rings (SSSR count). The number of carboxylic acids is 1. The highest BCUT2D eigenvalue weighted by Gasteiger charge is 2.37. The van der Waals surface area contributed by atoms with Gasteiger partial charge in [0.15, 0.2) is 0 Å². The number of nitrogens with zero attached hydrogens (tertiary/aromatic N) is 1. The third-order valence-corrected chi connectivity index (χ3v) is 5.65. The van der Waals surface area contributed by atoms with Gasteiger partial charge >= 0.3 is 0 Å². The number of rotatable bonds is 5. The van der Waals surface area contributed by atoms with Gasteiger partial charge in [0.1, 0.15) is 4.32 Å². The van der Waals surface area contributed by atoms with Gasteiger partial charge in [-0.2, -0.15) is 0 Å². The second-order valence-electron chi connectivity index (χ2n) is 5.63. The van der Waals surface area contributed by atoms with Crippen molar-refractivity contribution in [1.82, 2.24) is 4.90 Å². The number of hydrogen-bond acceptors (Lipinski definition) is 5. The maximum Gasteiger partial charge on any atom is 0.266 e. The van der Waals surface area contributed by atoms with E-state index in [1.165, 1.54) is 0 Å². The predicted molar refractivity (Wildman–Crippen MR) is 108 cm³/mol. The molecule has 0 unspecified atom stereocenters. The molecule has 1 fully saturated rings. The zero-order valence-corrected chi connectivity index (χ0v) is 16.6. The van der Waals surface area contributed by atoms with Crippen LogP contribution in [0.4, 0.5) is 0 Å². The first-order chi connectivity index (χ1) is 12.5. The summed E-state index contributed by atoms with van der Waals surface area (Å²) in [6, 6.07) is 15.4. The smallest absolute Gasteiger partial charge is 0.266 e. The molecule has 0 aliphatic carbocycles. The van der Waals surface area contributed by atoms with Crippen LogP contribution in [0.15, 0.2) is 64.0 Å². The van der Waals surface area contributed by atoms with Gasteiger partial charge in [-0.25, -0.2) is 0 Å². The first-order valence-electron chi connectivity index (χ1n) is 7.73. The van der Waals surface area contributed by atoms with Gasteiger partial charge in [0, 0.05) is 4.47 Å². The molecule has 0 radical (unpaired) electrons. The number of carboxylic acid groups (broad SMARTS) is 1. The Morgan fingerprint density at radius 1 is 1.23 bits per heavy atom. The fourth-order valence-electron chi connectivity index (χ4n) is 2.61. The van der Waals surface area contributed by atoms with E-state index in [4.69, 9.17) is 12.2 Å². The summed E-state index contributed by atoms with van der Waals surface area (Å²) < 4.78 is 1.11. The van der Waals surface area contributed by atoms with Crippen molar-refractivity contribution in [2.45, 2.75) is 12.5 Å². The van der Waals surface area contributed by atoms with Crippen molar-refractivity contribution in [3.05, 3.63) is 75.1 Å². The van der Waals surface area contributed by atoms with Gasteiger partial charge in [0.2, 0.25) is 0 Å². The summed E-state index contributed by atoms with van der Waals surface area (Å²) in [7, 11) is 0. The second-order valence-corrected chi connectivity index (χ2v) is 8.22. The van der Waals surface area contributed by atoms with Crippen LogP contribution in [0, 0.1) is 0 Å². The molecule has 0 bridgehead atoms. The zero-order valence-electron chi connectivity index (χ0n) is 13.4. The van der Waals surface area contributed by atoms with Crippen LogP contribution in [-0.4, -0.2) is 27.1 Å². The molecule has 0 spiro atoms. The Bertz CT molecular complexity index is 899. The number of amides is 1. The van der Waals surface area contributed by atoms with Crippen molar-refractivity contribution in [1.29, 1.82) is 0 Å². The standard InChI is InChI=1S/C19H14BrNO3S2/c20-14-8-4-7-13(9-14)11-16-17(22)21(19(25)26-16)15(18(23)24)10-12-5-2-1-3-6-12/h1-9,11,15H,10H2,(H,23,24)/p-1/b16-11-/t15-/m1/s1. The van der Waals surface area contributed by atoms with E-state index in [0.717, 1.165) is 32.3 Å². The molecule has 26 heavy (non-hydrogen) atoms. The topological polar surface area (TPSA) is 60.4 Å². The van der Waals surface area contributed by atoms with Crippen molar-refractivity contribution >= 4 is 62.2 Å². The minimum Gasteiger partial charge on any atom is -0.548 e. The van der Waals surface area contributed by atoms with Crippen LogP contribution in [0.1, 0.15) is 11.1 Å². The number of carbonyl (C=O) groups is 2. The van der Waals surface area contributed by atoms with Crippen LogP contribution in [0.3, 0.4) is 0 Å². The maximum absolute atomic E-state index is 12.8. The van der Waals surface area contributed by atoms with Gasteiger partial charge in [0.05, 0.1) is 16.9 Å². The molecule has 7 heteroatoms. The zero-order chi connectivity index (χ0) is 18.7. The highest BCUT2D eigenvalue weighted by molar-refractivity contribution is 9.10. The quantitative estimate of drug-likeness (QED) is 0.521. The van der Waals surface area contributed by atoms with E-state index in [-0.39, 0.29) is 10.7 Å². The van der Waals surface area contributed by atoms with Gasteiger partial charge < -0.3 is 9.90 Å². The fourth-order valence-corrected chi connectivity index (χ4v) is 4.39. The predicted octanol–water partition coefficient (Wildman–Crippen LogP) is 3.01. The first-order valence-corrected chi connectivity index (χ1v) is 9.75. The van der Waals surface area contributed by atoms with Crippen LogP contribution >= 0.6 is 39.9 Å². The Labute approximate surface area is 169 Å². The Hall–Kier alpha value is -1.96. The highest BCUT2D eigenvalue weighted by atomic mass is 79.9. The van der Waals surface area contributed by atoms with Crippen LogP contribution in [0.25, 0.3) is 6.08 Å². The minimum atomic E-state index is -1.33. The Morgan fingerprint density at radius 3 is 2.62 bits per heavy atom. The van der Waals surface area contributed by atoms with Crippen molar-refractivity contribution in [3.8, 4) is 0 Å². The van der Waals surface area contributed by atoms with E-state index in [0.29, 0.717) is 4.91 Å². The van der Waals surface area contributed by atoms with Crippen molar-refractivity contribution in [2.75, 3.05) is 0 Å². The van der Waals surface area contributed by atoms with E-state index in [1.54, 1.807) is 6.08 Å². The molecular formula is C19H13BrNO3S2-. The number of hydrogen-bond donors (Lipinski definition) is 0. The molecule has 2 aromatic rings. The number of thiocarbonyl (C=S) groups is 1. The number of benzene rings is 2. The highest BCUT2D eigenvalue weighted by Crippen LogP contribution is 2.34. The molecule has 0 N–H and O–H groups in total. The lowest BCUT2D eigenvalue weighted by Crippen LogP contribution is -2.51. The minimum absolute atomic E-state index is 0.139. The summed E-state index contributed by atoms with van der Waals surface area (Å²) in [5, 5.41) is 11.7. The van der Waals surface area contributed by atoms with E-state index in [9.17, 15) is 14.7 Å². The summed E-state index contributed by atoms with van der Waals surface area (Å²) in [4.78, 5) is 26.0. The first kappa shape index (κ1) is 18.8. The lowest BCUT2D eigenvalue weighted by atomic mass is 10.0. The van der Waals surface area contributed by atoms with E-state index < -0.39 is 17.9 Å². The Balaban J connectivity index is 1.88. The molecule has 1 aliphatic heterocycles. The Morgan fingerprint density at radius 2 is 1.96 bits per heavy atom. The number of thioether (sulfide) groups is 1. The maximum atomic E-state index is 12.8. The van der Waals surface area contributed by atoms with Crippen molar-refractivity contribution in [3.63, 3.8) is 0 Å². The summed E-state index contributed by atoms with van der Waals surface area (Å²) in [6.07, 6.45) is 1.85. The average molecular weight is 447 g/mol. The van der Waals surface area contributed by atoms with Crippen LogP contribution < -0.4 is 5.11 Å². The lowest BCUT2D eigenvalue weighted by Gasteiger charge is -2.27. The second kappa shape index (κ2) is 8.16. The van der Waals surface area contributed by atoms with Gasteiger partial charge in [-0.3, -0.25) is 9.69 Å². The van der Waals surface area contributed by atoms with Crippen LogP contribution in [0.2, 0.25) is 0 Å². The van der Waals surface area contributed by atoms with Crippen LogP contribution in [-0.2, 0) is 16.0 Å². The van der Waals surface area contributed by atoms with Gasteiger partial charge in [-0.05, 0) is 35.8 Å². The van der Waals surface area contributed by atoms with Crippen molar-refractivity contribution < 1.29 is 14.7 Å². The number of carbonyl (C=O) groups excluding carboxylic acids is 2. The molecule has 0 aromatic heterocycles. The molecule has 1 aliphatic rings. The van der Waals surface area contributed by atoms with E-state index in [2.05, 4.69) is 15.9 Å².